The fraction of sp³-hybridized carbons (Fsp3) is 0.176. The minimum atomic E-state index is -0.868. The molecule has 0 bridgehead atoms. The number of carbonyl (C=O) groups excluding carboxylic acids is 1. The van der Waals surface area contributed by atoms with E-state index in [1.165, 1.54) is 11.8 Å². The molecule has 2 aromatic rings. The molecule has 0 aromatic heterocycles. The van der Waals surface area contributed by atoms with Gasteiger partial charge in [0.2, 0.25) is 0 Å². The molecule has 1 unspecified atom stereocenters. The van der Waals surface area contributed by atoms with E-state index in [-0.39, 0.29) is 16.8 Å². The fourth-order valence-corrected chi connectivity index (χ4v) is 2.99. The summed E-state index contributed by atoms with van der Waals surface area (Å²) >= 11 is 1.29. The molecule has 0 aliphatic carbocycles. The highest BCUT2D eigenvalue weighted by molar-refractivity contribution is 8.00. The van der Waals surface area contributed by atoms with Gasteiger partial charge in [-0.3, -0.25) is 9.59 Å². The van der Waals surface area contributed by atoms with E-state index in [1.54, 1.807) is 12.1 Å². The number of Topliss-reactive ketones (excluding diaryl/α,β-unsaturated/α-hetero) is 1. The van der Waals surface area contributed by atoms with Gasteiger partial charge in [0.25, 0.3) is 0 Å². The predicted octanol–water partition coefficient (Wildman–Crippen LogP) is 3.82. The molecule has 0 saturated heterocycles. The molecule has 0 fully saturated rings. The first-order valence-electron chi connectivity index (χ1n) is 6.63. The molecule has 0 heterocycles. The van der Waals surface area contributed by atoms with E-state index in [0.717, 1.165) is 5.56 Å². The van der Waals surface area contributed by atoms with Gasteiger partial charge in [0.15, 0.2) is 5.78 Å². The number of aliphatic carboxylic acids is 1. The van der Waals surface area contributed by atoms with Gasteiger partial charge < -0.3 is 5.11 Å². The van der Waals surface area contributed by atoms with Crippen molar-refractivity contribution in [2.75, 3.05) is 5.75 Å². The average Bonchev–Trinajstić information content (AvgIpc) is 2.52. The van der Waals surface area contributed by atoms with Crippen LogP contribution in [0.4, 0.5) is 0 Å². The average molecular weight is 300 g/mol. The zero-order valence-electron chi connectivity index (χ0n) is 11.4. The Morgan fingerprint density at radius 2 is 1.52 bits per heavy atom. The number of hydrogen-bond acceptors (Lipinski definition) is 3. The number of carboxylic acid groups (broad SMARTS) is 1. The number of hydrogen-bond donors (Lipinski definition) is 1. The van der Waals surface area contributed by atoms with Crippen LogP contribution in [0.3, 0.4) is 0 Å². The molecular formula is C17H16O3S. The molecule has 0 spiro atoms. The third kappa shape index (κ3) is 4.76. The molecular weight excluding hydrogens is 284 g/mol. The summed E-state index contributed by atoms with van der Waals surface area (Å²) in [6.07, 6.45) is 0.298. The number of carbonyl (C=O) groups is 2. The molecule has 21 heavy (non-hydrogen) atoms. The van der Waals surface area contributed by atoms with Gasteiger partial charge in [-0.2, -0.15) is 0 Å². The summed E-state index contributed by atoms with van der Waals surface area (Å²) in [7, 11) is 0. The maximum absolute atomic E-state index is 12.3. The Labute approximate surface area is 128 Å². The van der Waals surface area contributed by atoms with Crippen LogP contribution in [0, 0.1) is 0 Å². The van der Waals surface area contributed by atoms with Gasteiger partial charge in [0, 0.05) is 17.2 Å². The first-order chi connectivity index (χ1) is 10.2. The first kappa shape index (κ1) is 15.3. The number of carboxylic acids is 1. The molecule has 0 aliphatic rings. The zero-order chi connectivity index (χ0) is 15.1. The summed E-state index contributed by atoms with van der Waals surface area (Å²) in [5, 5.41) is 8.71. The van der Waals surface area contributed by atoms with Crippen molar-refractivity contribution in [3.8, 4) is 0 Å². The Morgan fingerprint density at radius 1 is 0.952 bits per heavy atom. The minimum absolute atomic E-state index is 0.0123. The molecule has 0 amide bonds. The highest BCUT2D eigenvalue weighted by Gasteiger charge is 2.18. The van der Waals surface area contributed by atoms with Crippen molar-refractivity contribution in [2.45, 2.75) is 11.7 Å². The topological polar surface area (TPSA) is 54.4 Å². The lowest BCUT2D eigenvalue weighted by atomic mass is 10.0. The quantitative estimate of drug-likeness (QED) is 0.790. The Morgan fingerprint density at radius 3 is 2.10 bits per heavy atom. The highest BCUT2D eigenvalue weighted by Crippen LogP contribution is 2.33. The maximum Gasteiger partial charge on any atom is 0.313 e. The number of rotatable bonds is 7. The predicted molar refractivity (Wildman–Crippen MR) is 84.7 cm³/mol. The van der Waals surface area contributed by atoms with Gasteiger partial charge in [0.1, 0.15) is 0 Å². The molecule has 0 radical (unpaired) electrons. The molecule has 0 aliphatic heterocycles. The van der Waals surface area contributed by atoms with E-state index in [9.17, 15) is 9.59 Å². The van der Waals surface area contributed by atoms with Gasteiger partial charge in [-0.05, 0) is 5.56 Å². The summed E-state index contributed by atoms with van der Waals surface area (Å²) < 4.78 is 0. The number of thioether (sulfide) groups is 1. The summed E-state index contributed by atoms with van der Waals surface area (Å²) in [5.74, 6) is -0.850. The van der Waals surface area contributed by atoms with Gasteiger partial charge in [-0.25, -0.2) is 0 Å². The largest absolute Gasteiger partial charge is 0.481 e. The van der Waals surface area contributed by atoms with E-state index in [4.69, 9.17) is 5.11 Å². The molecule has 3 nitrogen and oxygen atoms in total. The number of ketones is 1. The molecule has 1 N–H and O–H groups in total. The van der Waals surface area contributed by atoms with Gasteiger partial charge >= 0.3 is 5.97 Å². The van der Waals surface area contributed by atoms with Crippen LogP contribution in [0.25, 0.3) is 0 Å². The SMILES string of the molecule is O=C(O)CSC(CC(=O)c1ccccc1)c1ccccc1. The van der Waals surface area contributed by atoms with Crippen molar-refractivity contribution in [1.82, 2.24) is 0 Å². The highest BCUT2D eigenvalue weighted by atomic mass is 32.2. The summed E-state index contributed by atoms with van der Waals surface area (Å²) in [4.78, 5) is 23.1. The Hall–Kier alpha value is -2.07. The lowest BCUT2D eigenvalue weighted by molar-refractivity contribution is -0.133. The van der Waals surface area contributed by atoms with Crippen molar-refractivity contribution in [3.63, 3.8) is 0 Å². The Kier molecular flexibility index (Phi) is 5.58. The van der Waals surface area contributed by atoms with Crippen LogP contribution in [0.5, 0.6) is 0 Å². The second kappa shape index (κ2) is 7.64. The normalized spacial score (nSPS) is 11.8. The van der Waals surface area contributed by atoms with Crippen molar-refractivity contribution < 1.29 is 14.7 Å². The van der Waals surface area contributed by atoms with Gasteiger partial charge in [-0.15, -0.1) is 11.8 Å². The summed E-state index contributed by atoms with van der Waals surface area (Å²) in [6, 6.07) is 18.7. The van der Waals surface area contributed by atoms with Crippen LogP contribution in [0.1, 0.15) is 27.6 Å². The first-order valence-corrected chi connectivity index (χ1v) is 7.68. The van der Waals surface area contributed by atoms with Crippen LogP contribution in [0.15, 0.2) is 60.7 Å². The molecule has 0 saturated carbocycles. The van der Waals surface area contributed by atoms with Crippen molar-refractivity contribution in [2.24, 2.45) is 0 Å². The van der Waals surface area contributed by atoms with Crippen LogP contribution >= 0.6 is 11.8 Å². The van der Waals surface area contributed by atoms with E-state index in [0.29, 0.717) is 12.0 Å². The van der Waals surface area contributed by atoms with Crippen LogP contribution in [-0.2, 0) is 4.79 Å². The van der Waals surface area contributed by atoms with Gasteiger partial charge in [0.05, 0.1) is 5.75 Å². The lowest BCUT2D eigenvalue weighted by Gasteiger charge is -2.15. The van der Waals surface area contributed by atoms with E-state index in [2.05, 4.69) is 0 Å². The number of benzene rings is 2. The van der Waals surface area contributed by atoms with Gasteiger partial charge in [-0.1, -0.05) is 60.7 Å². The molecule has 4 heteroatoms. The monoisotopic (exact) mass is 300 g/mol. The second-order valence-electron chi connectivity index (χ2n) is 4.60. The van der Waals surface area contributed by atoms with E-state index in [1.807, 2.05) is 48.5 Å². The van der Waals surface area contributed by atoms with Crippen LogP contribution in [-0.4, -0.2) is 22.6 Å². The third-order valence-corrected chi connectivity index (χ3v) is 4.30. The molecule has 2 aromatic carbocycles. The van der Waals surface area contributed by atoms with E-state index < -0.39 is 5.97 Å². The zero-order valence-corrected chi connectivity index (χ0v) is 12.3. The second-order valence-corrected chi connectivity index (χ2v) is 5.79. The van der Waals surface area contributed by atoms with Crippen LogP contribution in [0.2, 0.25) is 0 Å². The molecule has 2 rings (SSSR count). The molecule has 108 valence electrons. The van der Waals surface area contributed by atoms with Crippen molar-refractivity contribution in [3.05, 3.63) is 71.8 Å². The smallest absolute Gasteiger partial charge is 0.313 e. The Balaban J connectivity index is 2.12. The third-order valence-electron chi connectivity index (χ3n) is 3.05. The maximum atomic E-state index is 12.3. The lowest BCUT2D eigenvalue weighted by Crippen LogP contribution is -2.08. The molecule has 1 atom stereocenters. The van der Waals surface area contributed by atoms with E-state index >= 15 is 0 Å². The van der Waals surface area contributed by atoms with Crippen LogP contribution < -0.4 is 0 Å². The standard InChI is InChI=1S/C17H16O3S/c18-15(13-7-3-1-4-8-13)11-16(21-12-17(19)20)14-9-5-2-6-10-14/h1-10,16H,11-12H2,(H,19,20). The minimum Gasteiger partial charge on any atom is -0.481 e. The summed E-state index contributed by atoms with van der Waals surface area (Å²) in [5.41, 5.74) is 1.64. The van der Waals surface area contributed by atoms with Crippen molar-refractivity contribution >= 4 is 23.5 Å². The fourth-order valence-electron chi connectivity index (χ4n) is 2.02. The Bertz CT molecular complexity index is 596. The van der Waals surface area contributed by atoms with Crippen molar-refractivity contribution in [1.29, 1.82) is 0 Å². The summed E-state index contributed by atoms with van der Waals surface area (Å²) in [6.45, 7) is 0.